The van der Waals surface area contributed by atoms with Crippen molar-refractivity contribution >= 4 is 0 Å². The molecule has 0 amide bonds. The first-order valence-corrected chi connectivity index (χ1v) is 3.43. The van der Waals surface area contributed by atoms with E-state index in [1.807, 2.05) is 6.92 Å². The fraction of sp³-hybridized carbons (Fsp3) is 0.714. The smallest absolute Gasteiger partial charge is 0.282 e. The summed E-state index contributed by atoms with van der Waals surface area (Å²) in [5.74, 6) is -3.00. The molecule has 0 unspecified atom stereocenters. The van der Waals surface area contributed by atoms with Crippen molar-refractivity contribution < 1.29 is 13.9 Å². The number of rotatable bonds is 5. The van der Waals surface area contributed by atoms with Crippen LogP contribution in [-0.4, -0.2) is 30.7 Å². The molecule has 66 valence electrons. The Balaban J connectivity index is 3.37. The van der Waals surface area contributed by atoms with Gasteiger partial charge in [0.1, 0.15) is 6.61 Å². The van der Waals surface area contributed by atoms with Crippen molar-refractivity contribution in [1.82, 2.24) is 5.32 Å². The van der Waals surface area contributed by atoms with Gasteiger partial charge in [0.25, 0.3) is 5.92 Å². The molecule has 0 aromatic rings. The van der Waals surface area contributed by atoms with E-state index in [-0.39, 0.29) is 0 Å². The van der Waals surface area contributed by atoms with Crippen LogP contribution in [0.3, 0.4) is 0 Å². The third kappa shape index (κ3) is 5.94. The number of aliphatic hydroxyl groups is 1. The summed E-state index contributed by atoms with van der Waals surface area (Å²) in [7, 11) is 0. The van der Waals surface area contributed by atoms with Gasteiger partial charge in [-0.05, 0) is 6.92 Å². The van der Waals surface area contributed by atoms with E-state index in [1.54, 1.807) is 12.2 Å². The summed E-state index contributed by atoms with van der Waals surface area (Å²) in [5.41, 5.74) is 0. The largest absolute Gasteiger partial charge is 0.390 e. The Labute approximate surface area is 64.9 Å². The van der Waals surface area contributed by atoms with Crippen LogP contribution < -0.4 is 5.32 Å². The van der Waals surface area contributed by atoms with Gasteiger partial charge in [-0.1, -0.05) is 12.2 Å². The molecule has 0 saturated carbocycles. The van der Waals surface area contributed by atoms with Crippen molar-refractivity contribution in [3.63, 3.8) is 0 Å². The zero-order valence-corrected chi connectivity index (χ0v) is 6.48. The summed E-state index contributed by atoms with van der Waals surface area (Å²) in [4.78, 5) is 0. The van der Waals surface area contributed by atoms with Crippen molar-refractivity contribution in [2.45, 2.75) is 12.8 Å². The van der Waals surface area contributed by atoms with Crippen LogP contribution in [0.1, 0.15) is 6.92 Å². The summed E-state index contributed by atoms with van der Waals surface area (Å²) >= 11 is 0. The van der Waals surface area contributed by atoms with Gasteiger partial charge in [-0.15, -0.1) is 0 Å². The summed E-state index contributed by atoms with van der Waals surface area (Å²) in [6, 6.07) is 0. The number of hydrogen-bond donors (Lipinski definition) is 2. The fourth-order valence-corrected chi connectivity index (χ4v) is 0.512. The molecule has 0 rings (SSSR count). The minimum absolute atomic E-state index is 0.409. The number of nitrogens with one attached hydrogen (secondary N) is 1. The van der Waals surface area contributed by atoms with E-state index in [0.717, 1.165) is 0 Å². The molecule has 0 radical (unpaired) electrons. The van der Waals surface area contributed by atoms with E-state index in [0.29, 0.717) is 6.54 Å². The predicted octanol–water partition coefficient (Wildman–Crippen LogP) is 0.780. The van der Waals surface area contributed by atoms with Crippen LogP contribution >= 0.6 is 0 Å². The standard InChI is InChI=1S/C7H13F2NO/c1-2-3-4-10-5-7(8,9)6-11/h2-3,10-11H,4-6H2,1H3/b3-2+. The Morgan fingerprint density at radius 2 is 2.18 bits per heavy atom. The molecule has 4 heteroatoms. The maximum Gasteiger partial charge on any atom is 0.282 e. The molecule has 0 bridgehead atoms. The van der Waals surface area contributed by atoms with Gasteiger partial charge in [-0.3, -0.25) is 0 Å². The number of alkyl halides is 2. The minimum atomic E-state index is -3.00. The van der Waals surface area contributed by atoms with Crippen molar-refractivity contribution in [2.24, 2.45) is 0 Å². The molecule has 2 nitrogen and oxygen atoms in total. The molecule has 11 heavy (non-hydrogen) atoms. The van der Waals surface area contributed by atoms with Crippen molar-refractivity contribution in [3.05, 3.63) is 12.2 Å². The Morgan fingerprint density at radius 1 is 1.55 bits per heavy atom. The number of hydrogen-bond acceptors (Lipinski definition) is 2. The normalized spacial score (nSPS) is 12.7. The van der Waals surface area contributed by atoms with Gasteiger partial charge in [-0.2, -0.15) is 0 Å². The molecule has 0 spiro atoms. The fourth-order valence-electron chi connectivity index (χ4n) is 0.512. The SMILES string of the molecule is C/C=C/CNCC(F)(F)CO. The number of halogens is 2. The van der Waals surface area contributed by atoms with Crippen LogP contribution in [0, 0.1) is 0 Å². The molecule has 0 heterocycles. The second kappa shape index (κ2) is 5.21. The summed E-state index contributed by atoms with van der Waals surface area (Å²) in [6.45, 7) is 0.641. The van der Waals surface area contributed by atoms with Crippen LogP contribution in [0.2, 0.25) is 0 Å². The van der Waals surface area contributed by atoms with Crippen molar-refractivity contribution in [3.8, 4) is 0 Å². The van der Waals surface area contributed by atoms with Gasteiger partial charge in [0.05, 0.1) is 6.54 Å². The highest BCUT2D eigenvalue weighted by molar-refractivity contribution is 4.80. The van der Waals surface area contributed by atoms with Crippen LogP contribution in [0.15, 0.2) is 12.2 Å². The average Bonchev–Trinajstić information content (AvgIpc) is 1.99. The number of allylic oxidation sites excluding steroid dienone is 1. The Hall–Kier alpha value is -0.480. The van der Waals surface area contributed by atoms with E-state index in [1.165, 1.54) is 0 Å². The van der Waals surface area contributed by atoms with Crippen molar-refractivity contribution in [2.75, 3.05) is 19.7 Å². The molecule has 0 saturated heterocycles. The van der Waals surface area contributed by atoms with Gasteiger partial charge >= 0.3 is 0 Å². The van der Waals surface area contributed by atoms with E-state index in [9.17, 15) is 8.78 Å². The Morgan fingerprint density at radius 3 is 2.64 bits per heavy atom. The number of aliphatic hydroxyl groups excluding tert-OH is 1. The Bertz CT molecular complexity index is 126. The maximum absolute atomic E-state index is 12.2. The predicted molar refractivity (Wildman–Crippen MR) is 39.7 cm³/mol. The molecule has 0 aliphatic heterocycles. The lowest BCUT2D eigenvalue weighted by Gasteiger charge is -2.12. The van der Waals surface area contributed by atoms with Crippen molar-refractivity contribution in [1.29, 1.82) is 0 Å². The second-order valence-electron chi connectivity index (χ2n) is 2.21. The highest BCUT2D eigenvalue weighted by atomic mass is 19.3. The average molecular weight is 165 g/mol. The summed E-state index contributed by atoms with van der Waals surface area (Å²) < 4.78 is 24.5. The zero-order valence-electron chi connectivity index (χ0n) is 6.48. The Kier molecular flexibility index (Phi) is 4.98. The van der Waals surface area contributed by atoms with Gasteiger partial charge < -0.3 is 10.4 Å². The van der Waals surface area contributed by atoms with Gasteiger partial charge in [-0.25, -0.2) is 8.78 Å². The van der Waals surface area contributed by atoms with Gasteiger partial charge in [0, 0.05) is 6.54 Å². The lowest BCUT2D eigenvalue weighted by atomic mass is 10.3. The van der Waals surface area contributed by atoms with E-state index in [2.05, 4.69) is 5.32 Å². The molecular weight excluding hydrogens is 152 g/mol. The lowest BCUT2D eigenvalue weighted by molar-refractivity contribution is -0.0468. The van der Waals surface area contributed by atoms with Crippen LogP contribution in [0.4, 0.5) is 8.78 Å². The maximum atomic E-state index is 12.2. The van der Waals surface area contributed by atoms with E-state index in [4.69, 9.17) is 5.11 Å². The monoisotopic (exact) mass is 165 g/mol. The van der Waals surface area contributed by atoms with E-state index >= 15 is 0 Å². The third-order valence-corrected chi connectivity index (χ3v) is 1.11. The zero-order chi connectivity index (χ0) is 8.74. The van der Waals surface area contributed by atoms with E-state index < -0.39 is 19.1 Å². The summed E-state index contributed by atoms with van der Waals surface area (Å²) in [5, 5.41) is 10.6. The molecule has 0 atom stereocenters. The van der Waals surface area contributed by atoms with Crippen LogP contribution in [0.5, 0.6) is 0 Å². The second-order valence-corrected chi connectivity index (χ2v) is 2.21. The highest BCUT2D eigenvalue weighted by Gasteiger charge is 2.26. The molecule has 0 fully saturated rings. The first-order chi connectivity index (χ1) is 5.12. The minimum Gasteiger partial charge on any atom is -0.390 e. The van der Waals surface area contributed by atoms with Gasteiger partial charge in [0.2, 0.25) is 0 Å². The lowest BCUT2D eigenvalue weighted by Crippen LogP contribution is -2.35. The van der Waals surface area contributed by atoms with Crippen LogP contribution in [-0.2, 0) is 0 Å². The molecular formula is C7H13F2NO. The topological polar surface area (TPSA) is 32.3 Å². The first-order valence-electron chi connectivity index (χ1n) is 3.43. The molecule has 0 aliphatic carbocycles. The molecule has 0 aliphatic rings. The van der Waals surface area contributed by atoms with Crippen LogP contribution in [0.25, 0.3) is 0 Å². The van der Waals surface area contributed by atoms with Gasteiger partial charge in [0.15, 0.2) is 0 Å². The summed E-state index contributed by atoms with van der Waals surface area (Å²) in [6.07, 6.45) is 3.50. The molecule has 2 N–H and O–H groups in total. The quantitative estimate of drug-likeness (QED) is 0.466. The first kappa shape index (κ1) is 10.5. The highest BCUT2D eigenvalue weighted by Crippen LogP contribution is 2.09. The molecule has 0 aromatic carbocycles. The third-order valence-electron chi connectivity index (χ3n) is 1.11. The molecule has 0 aromatic heterocycles.